The molecule has 0 fully saturated rings. The van der Waals surface area contributed by atoms with Gasteiger partial charge in [0, 0.05) is 11.1 Å². The zero-order valence-electron chi connectivity index (χ0n) is 33.2. The summed E-state index contributed by atoms with van der Waals surface area (Å²) in [5.74, 6) is 1.01. The van der Waals surface area contributed by atoms with Crippen LogP contribution in [0.25, 0.3) is 110 Å². The molecule has 59 heavy (non-hydrogen) atoms. The Labute approximate surface area is 343 Å². The molecule has 0 amide bonds. The summed E-state index contributed by atoms with van der Waals surface area (Å²) in [5, 5.41) is 21.3. The van der Waals surface area contributed by atoms with E-state index in [1.807, 2.05) is 0 Å². The van der Waals surface area contributed by atoms with Crippen LogP contribution in [0.5, 0.6) is 0 Å². The Balaban J connectivity index is 1.05. The van der Waals surface area contributed by atoms with E-state index in [-0.39, 0.29) is 5.41 Å². The maximum Gasteiger partial charge on any atom is 0.248 e. The highest BCUT2D eigenvalue weighted by Gasteiger charge is 2.20. The maximum absolute atomic E-state index is 6.38. The van der Waals surface area contributed by atoms with Crippen molar-refractivity contribution in [2.75, 3.05) is 0 Å². The van der Waals surface area contributed by atoms with Crippen LogP contribution < -0.4 is 0 Å². The van der Waals surface area contributed by atoms with E-state index in [1.165, 1.54) is 81.9 Å². The highest BCUT2D eigenvalue weighted by Crippen LogP contribution is 2.45. The van der Waals surface area contributed by atoms with Gasteiger partial charge in [0.2, 0.25) is 11.8 Å². The molecule has 0 aliphatic carbocycles. The molecule has 0 N–H and O–H groups in total. The van der Waals surface area contributed by atoms with Crippen molar-refractivity contribution >= 4 is 53.9 Å². The lowest BCUT2D eigenvalue weighted by molar-refractivity contribution is 0.582. The van der Waals surface area contributed by atoms with Gasteiger partial charge in [-0.2, -0.15) is 0 Å². The molecule has 1 heterocycles. The van der Waals surface area contributed by atoms with Crippen molar-refractivity contribution in [1.29, 1.82) is 0 Å². The van der Waals surface area contributed by atoms with Crippen LogP contribution in [0.1, 0.15) is 26.3 Å². The van der Waals surface area contributed by atoms with E-state index in [2.05, 4.69) is 219 Å². The average Bonchev–Trinajstić information content (AvgIpc) is 3.78. The van der Waals surface area contributed by atoms with Crippen LogP contribution >= 0.6 is 0 Å². The first-order chi connectivity index (χ1) is 28.9. The number of benzene rings is 10. The molecule has 3 nitrogen and oxygen atoms in total. The van der Waals surface area contributed by atoms with Crippen LogP contribution in [-0.4, -0.2) is 10.2 Å². The monoisotopic (exact) mass is 756 g/mol. The van der Waals surface area contributed by atoms with Crippen LogP contribution in [-0.2, 0) is 5.41 Å². The third-order valence-corrected chi connectivity index (χ3v) is 12.0. The number of aromatic nitrogens is 2. The minimum atomic E-state index is 0.0635. The fourth-order valence-electron chi connectivity index (χ4n) is 8.96. The third kappa shape index (κ3) is 5.97. The molecule has 0 saturated heterocycles. The van der Waals surface area contributed by atoms with Crippen molar-refractivity contribution in [3.63, 3.8) is 0 Å². The standard InChI is InChI=1S/C56H40N2O/c1-56(2,3)43-28-24-38(25-29-43)54-57-58-55(59-54)42-27-31-49-51(34-42)53(36-12-5-4-6-13-36)48-17-10-9-16-47(48)52(49)37-22-20-35(21-23-37)44-18-11-19-45-46(44)30-26-41-32-39-14-7-8-15-40(39)33-50(41)45/h4-34H,1-3H3. The Morgan fingerprint density at radius 2 is 0.881 bits per heavy atom. The normalized spacial score (nSPS) is 12.0. The molecule has 0 aliphatic rings. The van der Waals surface area contributed by atoms with Crippen LogP contribution in [0.3, 0.4) is 0 Å². The van der Waals surface area contributed by atoms with Gasteiger partial charge < -0.3 is 4.42 Å². The molecule has 3 heteroatoms. The van der Waals surface area contributed by atoms with E-state index >= 15 is 0 Å². The summed E-state index contributed by atoms with van der Waals surface area (Å²) in [5.41, 5.74) is 10.3. The molecule has 11 aromatic rings. The minimum Gasteiger partial charge on any atom is -0.416 e. The summed E-state index contributed by atoms with van der Waals surface area (Å²) in [6.45, 7) is 6.65. The van der Waals surface area contributed by atoms with Gasteiger partial charge in [-0.3, -0.25) is 0 Å². The number of fused-ring (bicyclic) bond motifs is 6. The maximum atomic E-state index is 6.38. The fourth-order valence-corrected chi connectivity index (χ4v) is 8.96. The molecule has 0 aliphatic heterocycles. The van der Waals surface area contributed by atoms with Gasteiger partial charge in [0.05, 0.1) is 0 Å². The summed E-state index contributed by atoms with van der Waals surface area (Å²) in [7, 11) is 0. The molecule has 0 unspecified atom stereocenters. The summed E-state index contributed by atoms with van der Waals surface area (Å²) < 4.78 is 6.38. The number of hydrogen-bond donors (Lipinski definition) is 0. The summed E-state index contributed by atoms with van der Waals surface area (Å²) in [6.07, 6.45) is 0. The fraction of sp³-hybridized carbons (Fsp3) is 0.0714. The smallest absolute Gasteiger partial charge is 0.248 e. The van der Waals surface area contributed by atoms with Crippen LogP contribution in [0.15, 0.2) is 192 Å². The molecular weight excluding hydrogens is 717 g/mol. The van der Waals surface area contributed by atoms with Gasteiger partial charge in [0.1, 0.15) is 0 Å². The van der Waals surface area contributed by atoms with Crippen molar-refractivity contribution in [3.05, 3.63) is 194 Å². The number of hydrogen-bond acceptors (Lipinski definition) is 3. The molecule has 280 valence electrons. The second-order valence-electron chi connectivity index (χ2n) is 16.6. The van der Waals surface area contributed by atoms with Gasteiger partial charge in [0.25, 0.3) is 0 Å². The number of nitrogens with zero attached hydrogens (tertiary/aromatic N) is 2. The first-order valence-electron chi connectivity index (χ1n) is 20.3. The van der Waals surface area contributed by atoms with Gasteiger partial charge in [-0.25, -0.2) is 0 Å². The van der Waals surface area contributed by atoms with E-state index in [4.69, 9.17) is 4.42 Å². The predicted octanol–water partition coefficient (Wildman–Crippen LogP) is 15.5. The molecule has 0 bridgehead atoms. The van der Waals surface area contributed by atoms with Crippen LogP contribution in [0.4, 0.5) is 0 Å². The Kier molecular flexibility index (Phi) is 8.06. The van der Waals surface area contributed by atoms with E-state index < -0.39 is 0 Å². The molecular formula is C56H40N2O. The first kappa shape index (κ1) is 34.9. The lowest BCUT2D eigenvalue weighted by Gasteiger charge is -2.18. The van der Waals surface area contributed by atoms with Gasteiger partial charge in [-0.05, 0) is 135 Å². The largest absolute Gasteiger partial charge is 0.416 e. The van der Waals surface area contributed by atoms with Crippen molar-refractivity contribution < 1.29 is 4.42 Å². The quantitative estimate of drug-likeness (QED) is 0.130. The lowest BCUT2D eigenvalue weighted by Crippen LogP contribution is -2.10. The Morgan fingerprint density at radius 1 is 0.339 bits per heavy atom. The highest BCUT2D eigenvalue weighted by molar-refractivity contribution is 6.22. The van der Waals surface area contributed by atoms with Gasteiger partial charge >= 0.3 is 0 Å². The molecule has 0 radical (unpaired) electrons. The van der Waals surface area contributed by atoms with Crippen molar-refractivity contribution in [2.45, 2.75) is 26.2 Å². The van der Waals surface area contributed by atoms with Crippen molar-refractivity contribution in [3.8, 4) is 56.3 Å². The topological polar surface area (TPSA) is 38.9 Å². The third-order valence-electron chi connectivity index (χ3n) is 12.0. The molecule has 1 aromatic heterocycles. The van der Waals surface area contributed by atoms with Crippen molar-refractivity contribution in [2.24, 2.45) is 0 Å². The van der Waals surface area contributed by atoms with Gasteiger partial charge in [-0.15, -0.1) is 10.2 Å². The zero-order valence-corrected chi connectivity index (χ0v) is 33.2. The van der Waals surface area contributed by atoms with Gasteiger partial charge in [-0.1, -0.05) is 172 Å². The van der Waals surface area contributed by atoms with E-state index in [0.29, 0.717) is 11.8 Å². The molecule has 0 saturated carbocycles. The molecule has 11 rings (SSSR count). The molecule has 0 atom stereocenters. The summed E-state index contributed by atoms with van der Waals surface area (Å²) >= 11 is 0. The summed E-state index contributed by atoms with van der Waals surface area (Å²) in [6, 6.07) is 68.1. The minimum absolute atomic E-state index is 0.0635. The zero-order chi connectivity index (χ0) is 39.7. The van der Waals surface area contributed by atoms with Crippen LogP contribution in [0.2, 0.25) is 0 Å². The molecule has 0 spiro atoms. The summed E-state index contributed by atoms with van der Waals surface area (Å²) in [4.78, 5) is 0. The Morgan fingerprint density at radius 3 is 1.61 bits per heavy atom. The highest BCUT2D eigenvalue weighted by atomic mass is 16.4. The predicted molar refractivity (Wildman–Crippen MR) is 248 cm³/mol. The first-order valence-corrected chi connectivity index (χ1v) is 20.3. The van der Waals surface area contributed by atoms with E-state index in [1.54, 1.807) is 0 Å². The lowest BCUT2D eigenvalue weighted by atomic mass is 9.85. The second-order valence-corrected chi connectivity index (χ2v) is 16.6. The SMILES string of the molecule is CC(C)(C)c1ccc(-c2nnc(-c3ccc4c(-c5ccc(-c6cccc7c6ccc6cc8ccccc8cc67)cc5)c5ccccc5c(-c5ccccc5)c4c3)o2)cc1. The van der Waals surface area contributed by atoms with Crippen LogP contribution in [0, 0.1) is 0 Å². The Hall–Kier alpha value is -7.36. The van der Waals surface area contributed by atoms with E-state index in [0.717, 1.165) is 22.1 Å². The average molecular weight is 757 g/mol. The molecule has 10 aromatic carbocycles. The number of rotatable bonds is 5. The van der Waals surface area contributed by atoms with E-state index in [9.17, 15) is 0 Å². The Bertz CT molecular complexity index is 3390. The van der Waals surface area contributed by atoms with Crippen molar-refractivity contribution in [1.82, 2.24) is 10.2 Å². The van der Waals surface area contributed by atoms with Gasteiger partial charge in [0.15, 0.2) is 0 Å². The second kappa shape index (κ2) is 13.6.